The Balaban J connectivity index is 2.00. The number of nitrogens with one attached hydrogen (secondary N) is 3. The quantitative estimate of drug-likeness (QED) is 0.331. The van der Waals surface area contributed by atoms with Crippen molar-refractivity contribution in [2.45, 2.75) is 25.8 Å². The number of amides is 2. The lowest BCUT2D eigenvalue weighted by Gasteiger charge is -2.14. The second-order valence-corrected chi connectivity index (χ2v) is 7.61. The number of benzene rings is 2. The third kappa shape index (κ3) is 8.29. The molecule has 0 atom stereocenters. The third-order valence-corrected chi connectivity index (χ3v) is 4.92. The number of thioether (sulfide) groups is 1. The number of rotatable bonds is 10. The van der Waals surface area contributed by atoms with Crippen molar-refractivity contribution in [3.8, 4) is 0 Å². The topological polar surface area (TPSA) is 109 Å². The molecule has 0 heterocycles. The van der Waals surface area contributed by atoms with E-state index < -0.39 is 5.91 Å². The average Bonchev–Trinajstić information content (AvgIpc) is 2.75. The summed E-state index contributed by atoms with van der Waals surface area (Å²) in [7, 11) is 0. The molecular weight excluding hydrogens is 417 g/mol. The Labute approximate surface area is 186 Å². The molecule has 0 aliphatic rings. The number of hydrogen-bond acceptors (Lipinski definition) is 4. The van der Waals surface area contributed by atoms with Gasteiger partial charge in [0.25, 0.3) is 5.91 Å². The van der Waals surface area contributed by atoms with Gasteiger partial charge in [0.05, 0.1) is 13.1 Å². The molecule has 0 aromatic heterocycles. The number of nitrogens with two attached hydrogens (primary N) is 1. The fourth-order valence-electron chi connectivity index (χ4n) is 2.78. The van der Waals surface area contributed by atoms with E-state index in [1.807, 2.05) is 25.3 Å². The normalized spacial score (nSPS) is 11.1. The van der Waals surface area contributed by atoms with Gasteiger partial charge in [0, 0.05) is 24.4 Å². The molecule has 9 heteroatoms. The Morgan fingerprint density at radius 1 is 1.06 bits per heavy atom. The molecule has 166 valence electrons. The standard InChI is InChI=1S/C22H28FN5O2S/c1-3-25-22(28-12-17-8-9-19(23)10-18(17)14-31-2)27-11-15-4-6-16(7-5-15)21(30)26-13-20(24)29/h4-10H,3,11-14H2,1-2H3,(H2,24,29)(H,26,30)(H2,25,27,28). The van der Waals surface area contributed by atoms with E-state index in [9.17, 15) is 14.0 Å². The molecule has 0 fully saturated rings. The van der Waals surface area contributed by atoms with E-state index in [1.165, 1.54) is 6.07 Å². The zero-order valence-corrected chi connectivity index (χ0v) is 18.5. The number of primary amides is 1. The molecule has 0 radical (unpaired) electrons. The number of aliphatic imine (C=N–C) groups is 1. The van der Waals surface area contributed by atoms with Gasteiger partial charge in [-0.2, -0.15) is 11.8 Å². The summed E-state index contributed by atoms with van der Waals surface area (Å²) in [6, 6.07) is 11.8. The number of nitrogens with zero attached hydrogens (tertiary/aromatic N) is 1. The maximum atomic E-state index is 13.5. The highest BCUT2D eigenvalue weighted by atomic mass is 32.2. The van der Waals surface area contributed by atoms with Crippen molar-refractivity contribution in [1.82, 2.24) is 16.0 Å². The first kappa shape index (κ1) is 24.2. The molecule has 5 N–H and O–H groups in total. The number of carbonyl (C=O) groups excluding carboxylic acids is 2. The van der Waals surface area contributed by atoms with E-state index in [4.69, 9.17) is 5.73 Å². The van der Waals surface area contributed by atoms with Gasteiger partial charge >= 0.3 is 0 Å². The number of guanidine groups is 1. The first-order valence-corrected chi connectivity index (χ1v) is 11.3. The number of hydrogen-bond donors (Lipinski definition) is 4. The van der Waals surface area contributed by atoms with Crippen LogP contribution in [0, 0.1) is 5.82 Å². The van der Waals surface area contributed by atoms with Crippen molar-refractivity contribution in [2.75, 3.05) is 19.3 Å². The predicted molar refractivity (Wildman–Crippen MR) is 123 cm³/mol. The molecule has 2 aromatic rings. The SMILES string of the molecule is CCNC(=NCc1ccc(C(=O)NCC(N)=O)cc1)NCc1ccc(F)cc1CSC. The highest BCUT2D eigenvalue weighted by molar-refractivity contribution is 7.97. The smallest absolute Gasteiger partial charge is 0.251 e. The molecule has 7 nitrogen and oxygen atoms in total. The van der Waals surface area contributed by atoms with Crippen LogP contribution in [0.4, 0.5) is 4.39 Å². The molecule has 0 saturated carbocycles. The monoisotopic (exact) mass is 445 g/mol. The number of halogens is 1. The van der Waals surface area contributed by atoms with E-state index in [0.29, 0.717) is 31.2 Å². The summed E-state index contributed by atoms with van der Waals surface area (Å²) in [5.74, 6) is 0.195. The van der Waals surface area contributed by atoms with E-state index in [2.05, 4.69) is 20.9 Å². The molecule has 2 amide bonds. The highest BCUT2D eigenvalue weighted by Gasteiger charge is 2.07. The fourth-order valence-corrected chi connectivity index (χ4v) is 3.36. The van der Waals surface area contributed by atoms with Gasteiger partial charge in [-0.05, 0) is 54.1 Å². The molecular formula is C22H28FN5O2S. The van der Waals surface area contributed by atoms with Gasteiger partial charge in [0.1, 0.15) is 5.82 Å². The lowest BCUT2D eigenvalue weighted by molar-refractivity contribution is -0.117. The first-order chi connectivity index (χ1) is 14.9. The Morgan fingerprint density at radius 2 is 1.81 bits per heavy atom. The molecule has 2 rings (SSSR count). The van der Waals surface area contributed by atoms with Crippen LogP contribution < -0.4 is 21.7 Å². The van der Waals surface area contributed by atoms with Crippen LogP contribution >= 0.6 is 11.8 Å². The second-order valence-electron chi connectivity index (χ2n) is 6.74. The van der Waals surface area contributed by atoms with E-state index in [1.54, 1.807) is 36.0 Å². The Morgan fingerprint density at radius 3 is 2.45 bits per heavy atom. The lowest BCUT2D eigenvalue weighted by Crippen LogP contribution is -2.37. The second kappa shape index (κ2) is 12.6. The molecule has 0 bridgehead atoms. The summed E-state index contributed by atoms with van der Waals surface area (Å²) in [5.41, 5.74) is 8.38. The van der Waals surface area contributed by atoms with Crippen LogP contribution in [0.15, 0.2) is 47.5 Å². The predicted octanol–water partition coefficient (Wildman–Crippen LogP) is 2.16. The molecule has 0 saturated heterocycles. The Bertz CT molecular complexity index is 919. The summed E-state index contributed by atoms with van der Waals surface area (Å²) in [6.07, 6.45) is 1.99. The van der Waals surface area contributed by atoms with Gasteiger partial charge < -0.3 is 21.7 Å². The summed E-state index contributed by atoms with van der Waals surface area (Å²) >= 11 is 1.65. The van der Waals surface area contributed by atoms with E-state index in [-0.39, 0.29) is 18.3 Å². The van der Waals surface area contributed by atoms with Crippen LogP contribution in [0.25, 0.3) is 0 Å². The van der Waals surface area contributed by atoms with Crippen molar-refractivity contribution >= 4 is 29.5 Å². The number of carbonyl (C=O) groups is 2. The zero-order valence-electron chi connectivity index (χ0n) is 17.7. The average molecular weight is 446 g/mol. The minimum atomic E-state index is -0.594. The van der Waals surface area contributed by atoms with Crippen LogP contribution in [0.2, 0.25) is 0 Å². The summed E-state index contributed by atoms with van der Waals surface area (Å²) in [4.78, 5) is 27.3. The molecule has 2 aromatic carbocycles. The van der Waals surface area contributed by atoms with Crippen LogP contribution in [0.1, 0.15) is 34.0 Å². The van der Waals surface area contributed by atoms with Crippen LogP contribution in [-0.4, -0.2) is 37.1 Å². The third-order valence-electron chi connectivity index (χ3n) is 4.32. The van der Waals surface area contributed by atoms with Gasteiger partial charge in [-0.3, -0.25) is 9.59 Å². The molecule has 0 unspecified atom stereocenters. The summed E-state index contributed by atoms with van der Waals surface area (Å²) in [5, 5.41) is 8.92. The van der Waals surface area contributed by atoms with Crippen molar-refractivity contribution in [3.05, 3.63) is 70.5 Å². The largest absolute Gasteiger partial charge is 0.368 e. The maximum Gasteiger partial charge on any atom is 0.251 e. The van der Waals surface area contributed by atoms with Crippen LogP contribution in [-0.2, 0) is 23.6 Å². The van der Waals surface area contributed by atoms with Crippen LogP contribution in [0.3, 0.4) is 0 Å². The minimum absolute atomic E-state index is 0.199. The fraction of sp³-hybridized carbons (Fsp3) is 0.318. The highest BCUT2D eigenvalue weighted by Crippen LogP contribution is 2.16. The maximum absolute atomic E-state index is 13.5. The Kier molecular flexibility index (Phi) is 9.83. The molecule has 31 heavy (non-hydrogen) atoms. The van der Waals surface area contributed by atoms with Gasteiger partial charge in [-0.25, -0.2) is 9.38 Å². The van der Waals surface area contributed by atoms with Crippen molar-refractivity contribution in [1.29, 1.82) is 0 Å². The summed E-state index contributed by atoms with van der Waals surface area (Å²) in [6.45, 7) is 3.43. The van der Waals surface area contributed by atoms with Gasteiger partial charge in [0.2, 0.25) is 5.91 Å². The van der Waals surface area contributed by atoms with Gasteiger partial charge in [0.15, 0.2) is 5.96 Å². The van der Waals surface area contributed by atoms with E-state index >= 15 is 0 Å². The van der Waals surface area contributed by atoms with Crippen molar-refractivity contribution in [3.63, 3.8) is 0 Å². The molecule has 0 aliphatic carbocycles. The van der Waals surface area contributed by atoms with Gasteiger partial charge in [-0.15, -0.1) is 0 Å². The van der Waals surface area contributed by atoms with Crippen molar-refractivity contribution in [2.24, 2.45) is 10.7 Å². The first-order valence-electron chi connectivity index (χ1n) is 9.86. The molecule has 0 aliphatic heterocycles. The van der Waals surface area contributed by atoms with Gasteiger partial charge in [-0.1, -0.05) is 18.2 Å². The van der Waals surface area contributed by atoms with Crippen LogP contribution in [0.5, 0.6) is 0 Å². The molecule has 0 spiro atoms. The minimum Gasteiger partial charge on any atom is -0.368 e. The lowest BCUT2D eigenvalue weighted by atomic mass is 10.1. The zero-order chi connectivity index (χ0) is 22.6. The van der Waals surface area contributed by atoms with Crippen molar-refractivity contribution < 1.29 is 14.0 Å². The van der Waals surface area contributed by atoms with E-state index in [0.717, 1.165) is 22.4 Å². The summed E-state index contributed by atoms with van der Waals surface area (Å²) < 4.78 is 13.5. The Hall–Kier alpha value is -3.07.